The molecule has 1 amide bonds. The average Bonchev–Trinajstić information content (AvgIpc) is 2.94. The van der Waals surface area contributed by atoms with Crippen molar-refractivity contribution in [2.75, 3.05) is 10.6 Å². The Hall–Kier alpha value is -3.07. The van der Waals surface area contributed by atoms with Crippen molar-refractivity contribution in [3.8, 4) is 5.88 Å². The lowest BCUT2D eigenvalue weighted by Gasteiger charge is -2.07. The molecule has 0 bridgehead atoms. The van der Waals surface area contributed by atoms with E-state index < -0.39 is 12.8 Å². The van der Waals surface area contributed by atoms with Crippen LogP contribution in [0.5, 0.6) is 5.88 Å². The van der Waals surface area contributed by atoms with Gasteiger partial charge in [0.2, 0.25) is 0 Å². The largest absolute Gasteiger partial charge is 0.419 e. The third kappa shape index (κ3) is 4.48. The van der Waals surface area contributed by atoms with Crippen LogP contribution in [0.2, 0.25) is 0 Å². The molecular formula is C16H14FN5O2S. The van der Waals surface area contributed by atoms with Gasteiger partial charge in [-0.3, -0.25) is 10.3 Å². The Labute approximate surface area is 146 Å². The number of hydrogen-bond donors (Lipinski definition) is 2. The minimum atomic E-state index is -0.761. The number of halogens is 1. The first-order valence-electron chi connectivity index (χ1n) is 7.29. The number of aromatic nitrogens is 3. The summed E-state index contributed by atoms with van der Waals surface area (Å²) in [7, 11) is 0. The second kappa shape index (κ2) is 7.67. The summed E-state index contributed by atoms with van der Waals surface area (Å²) >= 11 is 1.34. The fourth-order valence-corrected chi connectivity index (χ4v) is 2.73. The Morgan fingerprint density at radius 3 is 2.92 bits per heavy atom. The smallest absolute Gasteiger partial charge is 0.388 e. The third-order valence-electron chi connectivity index (χ3n) is 2.99. The van der Waals surface area contributed by atoms with Crippen LogP contribution in [0.4, 0.5) is 25.7 Å². The number of hydrogen-bond acceptors (Lipinski definition) is 7. The van der Waals surface area contributed by atoms with Crippen LogP contribution in [0.3, 0.4) is 0 Å². The summed E-state index contributed by atoms with van der Waals surface area (Å²) in [6, 6.07) is 8.28. The SMILES string of the molecule is Cc1nc(OC(=O)Nc2cccc(CF)n2)c(Nc2cccnc2)s1. The lowest BCUT2D eigenvalue weighted by Crippen LogP contribution is -2.18. The first kappa shape index (κ1) is 16.8. The summed E-state index contributed by atoms with van der Waals surface area (Å²) in [5.41, 5.74) is 0.968. The number of pyridine rings is 2. The fourth-order valence-electron chi connectivity index (χ4n) is 1.97. The quantitative estimate of drug-likeness (QED) is 0.714. The lowest BCUT2D eigenvalue weighted by molar-refractivity contribution is 0.213. The molecule has 0 saturated heterocycles. The average molecular weight is 359 g/mol. The Balaban J connectivity index is 1.70. The van der Waals surface area contributed by atoms with E-state index in [1.807, 2.05) is 6.07 Å². The molecule has 0 aliphatic heterocycles. The second-order valence-electron chi connectivity index (χ2n) is 4.90. The van der Waals surface area contributed by atoms with E-state index in [1.165, 1.54) is 17.4 Å². The summed E-state index contributed by atoms with van der Waals surface area (Å²) in [6.45, 7) is 1.09. The van der Waals surface area contributed by atoms with Crippen LogP contribution in [-0.4, -0.2) is 21.0 Å². The third-order valence-corrected chi connectivity index (χ3v) is 3.85. The van der Waals surface area contributed by atoms with Crippen molar-refractivity contribution < 1.29 is 13.9 Å². The van der Waals surface area contributed by atoms with Gasteiger partial charge in [0.25, 0.3) is 5.88 Å². The zero-order valence-electron chi connectivity index (χ0n) is 13.2. The number of anilines is 3. The molecule has 0 aliphatic rings. The molecule has 128 valence electrons. The van der Waals surface area contributed by atoms with Crippen LogP contribution in [0.25, 0.3) is 0 Å². The highest BCUT2D eigenvalue weighted by atomic mass is 32.1. The molecule has 7 nitrogen and oxygen atoms in total. The summed E-state index contributed by atoms with van der Waals surface area (Å²) in [5, 5.41) is 6.86. The summed E-state index contributed by atoms with van der Waals surface area (Å²) in [4.78, 5) is 24.2. The van der Waals surface area contributed by atoms with Gasteiger partial charge in [0.1, 0.15) is 12.5 Å². The number of carbonyl (C=O) groups excluding carboxylic acids is 1. The molecule has 2 N–H and O–H groups in total. The van der Waals surface area contributed by atoms with Gasteiger partial charge in [-0.25, -0.2) is 19.2 Å². The predicted molar refractivity (Wildman–Crippen MR) is 93.1 cm³/mol. The number of carbonyl (C=O) groups is 1. The molecule has 3 aromatic heterocycles. The Bertz CT molecular complexity index is 872. The number of nitrogens with one attached hydrogen (secondary N) is 2. The van der Waals surface area contributed by atoms with Gasteiger partial charge in [-0.15, -0.1) is 0 Å². The topological polar surface area (TPSA) is 89.0 Å². The van der Waals surface area contributed by atoms with E-state index in [0.717, 1.165) is 10.7 Å². The van der Waals surface area contributed by atoms with Gasteiger partial charge in [0, 0.05) is 6.20 Å². The molecule has 3 heterocycles. The number of nitrogens with zero attached hydrogens (tertiary/aromatic N) is 3. The molecule has 25 heavy (non-hydrogen) atoms. The number of rotatable bonds is 5. The zero-order valence-corrected chi connectivity index (χ0v) is 14.0. The van der Waals surface area contributed by atoms with Gasteiger partial charge < -0.3 is 10.1 Å². The maximum atomic E-state index is 12.6. The molecular weight excluding hydrogens is 345 g/mol. The Morgan fingerprint density at radius 2 is 2.16 bits per heavy atom. The van der Waals surface area contributed by atoms with E-state index in [1.54, 1.807) is 37.5 Å². The number of ether oxygens (including phenoxy) is 1. The Morgan fingerprint density at radius 1 is 1.28 bits per heavy atom. The molecule has 0 unspecified atom stereocenters. The minimum Gasteiger partial charge on any atom is -0.388 e. The van der Waals surface area contributed by atoms with Crippen LogP contribution in [0.15, 0.2) is 42.7 Å². The Kier molecular flexibility index (Phi) is 5.14. The van der Waals surface area contributed by atoms with Crippen molar-refractivity contribution >= 4 is 33.9 Å². The van der Waals surface area contributed by atoms with Gasteiger partial charge in [0.05, 0.1) is 22.6 Å². The second-order valence-corrected chi connectivity index (χ2v) is 6.10. The summed E-state index contributed by atoms with van der Waals surface area (Å²) < 4.78 is 17.9. The molecule has 0 aliphatic carbocycles. The number of alkyl halides is 1. The standard InChI is InChI=1S/C16H14FN5O2S/c1-10-19-14(15(25-10)21-12-5-3-7-18-9-12)24-16(23)22-13-6-2-4-11(8-17)20-13/h2-7,9,21H,8H2,1H3,(H,20,22,23). The van der Waals surface area contributed by atoms with Gasteiger partial charge in [-0.2, -0.15) is 0 Å². The molecule has 3 aromatic rings. The van der Waals surface area contributed by atoms with E-state index in [4.69, 9.17) is 4.74 Å². The molecule has 0 radical (unpaired) electrons. The van der Waals surface area contributed by atoms with Crippen LogP contribution >= 0.6 is 11.3 Å². The van der Waals surface area contributed by atoms with Crippen LogP contribution in [0, 0.1) is 6.92 Å². The molecule has 3 rings (SSSR count). The first-order valence-corrected chi connectivity index (χ1v) is 8.11. The highest BCUT2D eigenvalue weighted by Gasteiger charge is 2.15. The maximum Gasteiger partial charge on any atom is 0.419 e. The van der Waals surface area contributed by atoms with Crippen molar-refractivity contribution in [1.29, 1.82) is 0 Å². The van der Waals surface area contributed by atoms with Gasteiger partial charge in [-0.05, 0) is 31.2 Å². The summed E-state index contributed by atoms with van der Waals surface area (Å²) in [6.07, 6.45) is 2.54. The van der Waals surface area contributed by atoms with Gasteiger partial charge in [0.15, 0.2) is 5.00 Å². The molecule has 0 saturated carbocycles. The molecule has 0 fully saturated rings. The van der Waals surface area contributed by atoms with Crippen molar-refractivity contribution in [2.45, 2.75) is 13.6 Å². The molecule has 9 heteroatoms. The highest BCUT2D eigenvalue weighted by molar-refractivity contribution is 7.16. The number of aryl methyl sites for hydroxylation is 1. The highest BCUT2D eigenvalue weighted by Crippen LogP contribution is 2.33. The number of amides is 1. The molecule has 0 aromatic carbocycles. The van der Waals surface area contributed by atoms with Crippen molar-refractivity contribution in [1.82, 2.24) is 15.0 Å². The normalized spacial score (nSPS) is 10.3. The minimum absolute atomic E-state index is 0.144. The van der Waals surface area contributed by atoms with Gasteiger partial charge >= 0.3 is 6.09 Å². The van der Waals surface area contributed by atoms with Crippen molar-refractivity contribution in [3.05, 3.63) is 53.4 Å². The van der Waals surface area contributed by atoms with E-state index >= 15 is 0 Å². The van der Waals surface area contributed by atoms with E-state index in [9.17, 15) is 9.18 Å². The van der Waals surface area contributed by atoms with E-state index in [0.29, 0.717) is 5.00 Å². The zero-order chi connectivity index (χ0) is 17.6. The maximum absolute atomic E-state index is 12.6. The molecule has 0 atom stereocenters. The monoisotopic (exact) mass is 359 g/mol. The molecule has 0 spiro atoms. The van der Waals surface area contributed by atoms with Gasteiger partial charge in [-0.1, -0.05) is 17.4 Å². The van der Waals surface area contributed by atoms with E-state index in [-0.39, 0.29) is 17.4 Å². The first-order chi connectivity index (χ1) is 12.1. The predicted octanol–water partition coefficient (Wildman–Crippen LogP) is 4.07. The van der Waals surface area contributed by atoms with Crippen LogP contribution in [-0.2, 0) is 6.67 Å². The number of thiazole rings is 1. The lowest BCUT2D eigenvalue weighted by atomic mass is 10.3. The van der Waals surface area contributed by atoms with Crippen LogP contribution in [0.1, 0.15) is 10.7 Å². The van der Waals surface area contributed by atoms with Crippen molar-refractivity contribution in [2.24, 2.45) is 0 Å². The van der Waals surface area contributed by atoms with E-state index in [2.05, 4.69) is 25.6 Å². The summed E-state index contributed by atoms with van der Waals surface area (Å²) in [5.74, 6) is 0.347. The van der Waals surface area contributed by atoms with Crippen LogP contribution < -0.4 is 15.4 Å². The fraction of sp³-hybridized carbons (Fsp3) is 0.125. The van der Waals surface area contributed by atoms with Crippen molar-refractivity contribution in [3.63, 3.8) is 0 Å².